The number of carbonyl (C=O) groups excluding carboxylic acids is 1. The summed E-state index contributed by atoms with van der Waals surface area (Å²) in [6.45, 7) is 6.29. The lowest BCUT2D eigenvalue weighted by molar-refractivity contribution is -0.118. The minimum atomic E-state index is -0.276. The topological polar surface area (TPSA) is 97.9 Å². The van der Waals surface area contributed by atoms with Crippen LogP contribution in [0.25, 0.3) is 0 Å². The molecule has 0 aliphatic heterocycles. The summed E-state index contributed by atoms with van der Waals surface area (Å²) in [6, 6.07) is 7.34. The lowest BCUT2D eigenvalue weighted by atomic mass is 10.2. The Balaban J connectivity index is 2.15. The molecule has 0 unspecified atom stereocenters. The van der Waals surface area contributed by atoms with Crippen molar-refractivity contribution in [3.63, 3.8) is 0 Å². The van der Waals surface area contributed by atoms with Crippen molar-refractivity contribution in [3.05, 3.63) is 47.8 Å². The third kappa shape index (κ3) is 4.73. The maximum Gasteiger partial charge on any atom is 0.244 e. The molecular weight excluding hydrogens is 348 g/mol. The van der Waals surface area contributed by atoms with Gasteiger partial charge in [-0.25, -0.2) is 5.84 Å². The highest BCUT2D eigenvalue weighted by atomic mass is 35.5. The lowest BCUT2D eigenvalue weighted by Crippen LogP contribution is -2.31. The average Bonchev–Trinajstić information content (AvgIpc) is 2.98. The zero-order valence-corrected chi connectivity index (χ0v) is 14.8. The molecule has 1 aromatic heterocycles. The van der Waals surface area contributed by atoms with Gasteiger partial charge in [0.05, 0.1) is 11.8 Å². The molecular formula is C15H19ClN6OS. The predicted octanol–water partition coefficient (Wildman–Crippen LogP) is 2.37. The summed E-state index contributed by atoms with van der Waals surface area (Å²) < 4.78 is 1.91. The number of thioether (sulfide) groups is 1. The van der Waals surface area contributed by atoms with Crippen LogP contribution in [0.2, 0.25) is 5.02 Å². The van der Waals surface area contributed by atoms with Gasteiger partial charge in [-0.05, 0) is 31.2 Å². The van der Waals surface area contributed by atoms with Crippen LogP contribution in [-0.2, 0) is 11.3 Å². The first-order chi connectivity index (χ1) is 11.5. The van der Waals surface area contributed by atoms with Crippen molar-refractivity contribution in [2.75, 3.05) is 11.1 Å². The van der Waals surface area contributed by atoms with Crippen LogP contribution in [0.4, 0.5) is 5.69 Å². The Bertz CT molecular complexity index is 702. The molecule has 2 rings (SSSR count). The van der Waals surface area contributed by atoms with Crippen LogP contribution in [0.1, 0.15) is 18.8 Å². The molecule has 9 heteroatoms. The number of carbonyl (C=O) groups is 1. The van der Waals surface area contributed by atoms with Crippen molar-refractivity contribution in [1.29, 1.82) is 0 Å². The van der Waals surface area contributed by atoms with E-state index in [1.807, 2.05) is 35.8 Å². The SMILES string of the molecule is C=CCn1c(SCC(=O)NN)nnc1[C@@H](C)Nc1ccc(Cl)cc1. The average molecular weight is 367 g/mol. The number of nitrogens with zero attached hydrogens (tertiary/aromatic N) is 3. The van der Waals surface area contributed by atoms with E-state index in [0.717, 1.165) is 11.5 Å². The Morgan fingerprint density at radius 1 is 1.46 bits per heavy atom. The second-order valence-corrected chi connectivity index (χ2v) is 6.35. The van der Waals surface area contributed by atoms with Crippen LogP contribution in [0, 0.1) is 0 Å². The fourth-order valence-corrected chi connectivity index (χ4v) is 2.95. The van der Waals surface area contributed by atoms with E-state index in [-0.39, 0.29) is 17.7 Å². The van der Waals surface area contributed by atoms with E-state index in [9.17, 15) is 4.79 Å². The van der Waals surface area contributed by atoms with Crippen LogP contribution in [-0.4, -0.2) is 26.4 Å². The highest BCUT2D eigenvalue weighted by Gasteiger charge is 2.18. The number of hydrazine groups is 1. The van der Waals surface area contributed by atoms with Gasteiger partial charge in [0.25, 0.3) is 0 Å². The molecule has 128 valence electrons. The molecule has 1 amide bonds. The highest BCUT2D eigenvalue weighted by Crippen LogP contribution is 2.24. The summed E-state index contributed by atoms with van der Waals surface area (Å²) in [6.07, 6.45) is 1.76. The van der Waals surface area contributed by atoms with Gasteiger partial charge in [0.15, 0.2) is 11.0 Å². The summed E-state index contributed by atoms with van der Waals surface area (Å²) in [7, 11) is 0. The maximum atomic E-state index is 11.3. The third-order valence-electron chi connectivity index (χ3n) is 3.17. The second kappa shape index (κ2) is 8.72. The number of hydrogen-bond acceptors (Lipinski definition) is 6. The van der Waals surface area contributed by atoms with E-state index >= 15 is 0 Å². The molecule has 2 aromatic rings. The predicted molar refractivity (Wildman–Crippen MR) is 96.8 cm³/mol. The first-order valence-corrected chi connectivity index (χ1v) is 8.59. The van der Waals surface area contributed by atoms with Crippen molar-refractivity contribution < 1.29 is 4.79 Å². The zero-order valence-electron chi connectivity index (χ0n) is 13.2. The van der Waals surface area contributed by atoms with Gasteiger partial charge in [-0.2, -0.15) is 0 Å². The molecule has 0 saturated carbocycles. The third-order valence-corrected chi connectivity index (χ3v) is 4.38. The van der Waals surface area contributed by atoms with Gasteiger partial charge >= 0.3 is 0 Å². The van der Waals surface area contributed by atoms with Gasteiger partial charge < -0.3 is 9.88 Å². The molecule has 0 bridgehead atoms. The number of nitrogens with one attached hydrogen (secondary N) is 2. The van der Waals surface area contributed by atoms with Crippen molar-refractivity contribution in [3.8, 4) is 0 Å². The van der Waals surface area contributed by atoms with Gasteiger partial charge in [-0.15, -0.1) is 16.8 Å². The molecule has 4 N–H and O–H groups in total. The van der Waals surface area contributed by atoms with E-state index < -0.39 is 0 Å². The number of rotatable bonds is 8. The van der Waals surface area contributed by atoms with Gasteiger partial charge in [0.1, 0.15) is 0 Å². The van der Waals surface area contributed by atoms with Crippen molar-refractivity contribution in [2.24, 2.45) is 5.84 Å². The highest BCUT2D eigenvalue weighted by molar-refractivity contribution is 7.99. The maximum absolute atomic E-state index is 11.3. The fraction of sp³-hybridized carbons (Fsp3) is 0.267. The number of hydrogen-bond donors (Lipinski definition) is 3. The first-order valence-electron chi connectivity index (χ1n) is 7.23. The van der Waals surface area contributed by atoms with E-state index in [2.05, 4.69) is 27.5 Å². The van der Waals surface area contributed by atoms with E-state index in [1.54, 1.807) is 6.08 Å². The Morgan fingerprint density at radius 3 is 2.79 bits per heavy atom. The van der Waals surface area contributed by atoms with Gasteiger partial charge in [-0.3, -0.25) is 10.2 Å². The lowest BCUT2D eigenvalue weighted by Gasteiger charge is -2.16. The largest absolute Gasteiger partial charge is 0.375 e. The van der Waals surface area contributed by atoms with Crippen LogP contribution < -0.4 is 16.6 Å². The Labute approximate surface area is 149 Å². The molecule has 0 aliphatic carbocycles. The number of benzene rings is 1. The normalized spacial score (nSPS) is 11.8. The molecule has 24 heavy (non-hydrogen) atoms. The van der Waals surface area contributed by atoms with Crippen LogP contribution in [0.5, 0.6) is 0 Å². The fourth-order valence-electron chi connectivity index (χ4n) is 2.06. The van der Waals surface area contributed by atoms with Crippen molar-refractivity contribution in [2.45, 2.75) is 24.7 Å². The first kappa shape index (κ1) is 18.3. The van der Waals surface area contributed by atoms with E-state index in [1.165, 1.54) is 11.8 Å². The number of allylic oxidation sites excluding steroid dienone is 1. The molecule has 1 atom stereocenters. The molecule has 7 nitrogen and oxygen atoms in total. The number of halogens is 1. The Kier molecular flexibility index (Phi) is 6.65. The smallest absolute Gasteiger partial charge is 0.244 e. The zero-order chi connectivity index (χ0) is 17.5. The van der Waals surface area contributed by atoms with Gasteiger partial charge in [0, 0.05) is 17.3 Å². The minimum Gasteiger partial charge on any atom is -0.375 e. The molecule has 0 spiro atoms. The van der Waals surface area contributed by atoms with E-state index in [0.29, 0.717) is 16.7 Å². The molecule has 0 saturated heterocycles. The summed E-state index contributed by atoms with van der Waals surface area (Å²) in [5, 5.41) is 13.1. The van der Waals surface area contributed by atoms with E-state index in [4.69, 9.17) is 17.4 Å². The molecule has 0 radical (unpaired) electrons. The second-order valence-electron chi connectivity index (χ2n) is 4.97. The summed E-state index contributed by atoms with van der Waals surface area (Å²) in [4.78, 5) is 11.3. The molecule has 1 aromatic carbocycles. The molecule has 1 heterocycles. The summed E-state index contributed by atoms with van der Waals surface area (Å²) in [5.41, 5.74) is 3.02. The number of nitrogens with two attached hydrogens (primary N) is 1. The van der Waals surface area contributed by atoms with Crippen LogP contribution in [0.15, 0.2) is 42.1 Å². The Hall–Kier alpha value is -2.03. The van der Waals surface area contributed by atoms with Crippen LogP contribution >= 0.6 is 23.4 Å². The molecule has 0 aliphatic rings. The quantitative estimate of drug-likeness (QED) is 0.218. The van der Waals surface area contributed by atoms with Crippen LogP contribution in [0.3, 0.4) is 0 Å². The van der Waals surface area contributed by atoms with Gasteiger partial charge in [0.2, 0.25) is 5.91 Å². The number of aromatic nitrogens is 3. The summed E-state index contributed by atoms with van der Waals surface area (Å²) >= 11 is 7.17. The molecule has 0 fully saturated rings. The Morgan fingerprint density at radius 2 is 2.17 bits per heavy atom. The summed E-state index contributed by atoms with van der Waals surface area (Å²) in [5.74, 6) is 5.74. The minimum absolute atomic E-state index is 0.0867. The van der Waals surface area contributed by atoms with Crippen molar-refractivity contribution >= 4 is 35.0 Å². The standard InChI is InChI=1S/C15H19ClN6OS/c1-3-8-22-14(20-21-15(22)24-9-13(23)19-17)10(2)18-12-6-4-11(16)5-7-12/h3-7,10,18H,1,8-9,17H2,2H3,(H,19,23)/t10-/m1/s1. The van der Waals surface area contributed by atoms with Gasteiger partial charge in [-0.1, -0.05) is 29.4 Å². The van der Waals surface area contributed by atoms with Crippen molar-refractivity contribution in [1.82, 2.24) is 20.2 Å². The number of amides is 1. The monoisotopic (exact) mass is 366 g/mol. The number of anilines is 1.